The number of aryl methyl sites for hydroxylation is 1. The van der Waals surface area contributed by atoms with E-state index in [9.17, 15) is 19.5 Å². The van der Waals surface area contributed by atoms with Crippen LogP contribution in [0.5, 0.6) is 0 Å². The molecule has 2 amide bonds. The van der Waals surface area contributed by atoms with E-state index in [-0.39, 0.29) is 5.91 Å². The molecule has 0 saturated carbocycles. The van der Waals surface area contributed by atoms with Crippen LogP contribution in [0.2, 0.25) is 0 Å². The van der Waals surface area contributed by atoms with E-state index in [4.69, 9.17) is 4.74 Å². The fourth-order valence-electron chi connectivity index (χ4n) is 3.57. The van der Waals surface area contributed by atoms with Crippen molar-refractivity contribution in [3.63, 3.8) is 0 Å². The SMILES string of the molecule is COC(=O)N1CCCc2cc(NC(=O)[C@H]3CC=CC[C@@H]3C(=O)[O-])ccc21. The van der Waals surface area contributed by atoms with E-state index in [2.05, 4.69) is 5.32 Å². The number of benzene rings is 1. The van der Waals surface area contributed by atoms with Gasteiger partial charge in [0.05, 0.1) is 18.7 Å². The van der Waals surface area contributed by atoms with Gasteiger partial charge in [-0.15, -0.1) is 0 Å². The van der Waals surface area contributed by atoms with Crippen LogP contribution in [0.15, 0.2) is 30.4 Å². The Hall–Kier alpha value is -2.83. The molecule has 0 spiro atoms. The maximum absolute atomic E-state index is 12.5. The summed E-state index contributed by atoms with van der Waals surface area (Å²) < 4.78 is 4.80. The number of hydrogen-bond acceptors (Lipinski definition) is 5. The molecular weight excluding hydrogens is 336 g/mol. The van der Waals surface area contributed by atoms with Crippen molar-refractivity contribution in [1.29, 1.82) is 0 Å². The van der Waals surface area contributed by atoms with Crippen molar-refractivity contribution in [2.24, 2.45) is 11.8 Å². The lowest BCUT2D eigenvalue weighted by Gasteiger charge is -2.30. The molecule has 1 aliphatic heterocycles. The first-order valence-electron chi connectivity index (χ1n) is 8.66. The van der Waals surface area contributed by atoms with E-state index < -0.39 is 23.9 Å². The standard InChI is InChI=1S/C19H22N2O5/c1-26-19(25)21-10-4-5-12-11-13(8-9-16(12)21)20-17(22)14-6-2-3-7-15(14)18(23)24/h2-3,8-9,11,14-15H,4-7,10H2,1H3,(H,20,22)(H,23,24)/p-1/t14-,15-/m0/s1. The molecule has 138 valence electrons. The number of nitrogens with one attached hydrogen (secondary N) is 1. The average molecular weight is 357 g/mol. The number of aliphatic carboxylic acids is 1. The Morgan fingerprint density at radius 1 is 1.19 bits per heavy atom. The molecule has 0 radical (unpaired) electrons. The van der Waals surface area contributed by atoms with Gasteiger partial charge in [0, 0.05) is 24.1 Å². The second-order valence-corrected chi connectivity index (χ2v) is 6.53. The highest BCUT2D eigenvalue weighted by molar-refractivity contribution is 5.96. The smallest absolute Gasteiger partial charge is 0.414 e. The Balaban J connectivity index is 1.77. The maximum atomic E-state index is 12.5. The van der Waals surface area contributed by atoms with Gasteiger partial charge in [-0.2, -0.15) is 0 Å². The second-order valence-electron chi connectivity index (χ2n) is 6.53. The molecule has 1 heterocycles. The Morgan fingerprint density at radius 3 is 2.62 bits per heavy atom. The number of carbonyl (C=O) groups excluding carboxylic acids is 3. The molecule has 7 heteroatoms. The number of allylic oxidation sites excluding steroid dienone is 2. The number of carboxylic acid groups (broad SMARTS) is 1. The van der Waals surface area contributed by atoms with Gasteiger partial charge in [-0.05, 0) is 49.4 Å². The Morgan fingerprint density at radius 2 is 1.92 bits per heavy atom. The molecule has 0 unspecified atom stereocenters. The number of amides is 2. The molecule has 7 nitrogen and oxygen atoms in total. The lowest BCUT2D eigenvalue weighted by Crippen LogP contribution is -2.41. The summed E-state index contributed by atoms with van der Waals surface area (Å²) in [4.78, 5) is 37.3. The van der Waals surface area contributed by atoms with Crippen LogP contribution in [0, 0.1) is 11.8 Å². The van der Waals surface area contributed by atoms with E-state index in [1.165, 1.54) is 7.11 Å². The van der Waals surface area contributed by atoms with E-state index in [0.717, 1.165) is 24.1 Å². The number of nitrogens with zero attached hydrogens (tertiary/aromatic N) is 1. The molecular formula is C19H21N2O5-. The highest BCUT2D eigenvalue weighted by atomic mass is 16.5. The molecule has 0 fully saturated rings. The van der Waals surface area contributed by atoms with Crippen molar-refractivity contribution >= 4 is 29.3 Å². The van der Waals surface area contributed by atoms with Gasteiger partial charge >= 0.3 is 6.09 Å². The molecule has 3 rings (SSSR count). The Bertz CT molecular complexity index is 758. The number of ether oxygens (including phenoxy) is 1. The first-order valence-corrected chi connectivity index (χ1v) is 8.66. The van der Waals surface area contributed by atoms with Crippen molar-refractivity contribution in [3.8, 4) is 0 Å². The van der Waals surface area contributed by atoms with Crippen molar-refractivity contribution in [2.75, 3.05) is 23.9 Å². The monoisotopic (exact) mass is 357 g/mol. The predicted molar refractivity (Wildman–Crippen MR) is 93.5 cm³/mol. The molecule has 1 N–H and O–H groups in total. The van der Waals surface area contributed by atoms with Gasteiger partial charge in [0.25, 0.3) is 0 Å². The summed E-state index contributed by atoms with van der Waals surface area (Å²) in [5, 5.41) is 14.1. The minimum Gasteiger partial charge on any atom is -0.550 e. The zero-order chi connectivity index (χ0) is 18.7. The number of anilines is 2. The number of fused-ring (bicyclic) bond motifs is 1. The number of hydrogen-bond donors (Lipinski definition) is 1. The van der Waals surface area contributed by atoms with Crippen molar-refractivity contribution in [1.82, 2.24) is 0 Å². The van der Waals surface area contributed by atoms with Gasteiger partial charge in [0.1, 0.15) is 0 Å². The summed E-state index contributed by atoms with van der Waals surface area (Å²) in [7, 11) is 1.34. The molecule has 1 aliphatic carbocycles. The van der Waals surface area contributed by atoms with Crippen LogP contribution >= 0.6 is 0 Å². The average Bonchev–Trinajstić information content (AvgIpc) is 2.66. The normalized spacial score (nSPS) is 21.7. The summed E-state index contributed by atoms with van der Waals surface area (Å²) in [6, 6.07) is 5.32. The zero-order valence-corrected chi connectivity index (χ0v) is 14.6. The molecule has 0 aromatic heterocycles. The molecule has 0 saturated heterocycles. The summed E-state index contributed by atoms with van der Waals surface area (Å²) in [6.45, 7) is 0.590. The van der Waals surface area contributed by atoms with Gasteiger partial charge in [0.2, 0.25) is 5.91 Å². The fourth-order valence-corrected chi connectivity index (χ4v) is 3.57. The molecule has 1 aromatic carbocycles. The van der Waals surface area contributed by atoms with Gasteiger partial charge in [-0.3, -0.25) is 9.69 Å². The summed E-state index contributed by atoms with van der Waals surface area (Å²) in [5.74, 6) is -2.99. The van der Waals surface area contributed by atoms with Crippen LogP contribution < -0.4 is 15.3 Å². The lowest BCUT2D eigenvalue weighted by atomic mass is 9.82. The van der Waals surface area contributed by atoms with E-state index in [0.29, 0.717) is 25.1 Å². The first kappa shape index (κ1) is 18.0. The van der Waals surface area contributed by atoms with Crippen molar-refractivity contribution in [3.05, 3.63) is 35.9 Å². The molecule has 0 bridgehead atoms. The largest absolute Gasteiger partial charge is 0.550 e. The summed E-state index contributed by atoms with van der Waals surface area (Å²) >= 11 is 0. The minimum absolute atomic E-state index is 0.304. The Kier molecular flexibility index (Phi) is 5.25. The predicted octanol–water partition coefficient (Wildman–Crippen LogP) is 1.48. The molecule has 26 heavy (non-hydrogen) atoms. The third-order valence-corrected chi connectivity index (χ3v) is 4.93. The second kappa shape index (κ2) is 7.59. The van der Waals surface area contributed by atoms with E-state index >= 15 is 0 Å². The summed E-state index contributed by atoms with van der Waals surface area (Å²) in [6.07, 6.45) is 5.47. The van der Waals surface area contributed by atoms with Gasteiger partial charge in [0.15, 0.2) is 0 Å². The number of carboxylic acids is 1. The van der Waals surface area contributed by atoms with Crippen molar-refractivity contribution in [2.45, 2.75) is 25.7 Å². The third kappa shape index (κ3) is 3.56. The Labute approximate surface area is 151 Å². The molecule has 2 atom stereocenters. The van der Waals surface area contributed by atoms with Crippen LogP contribution in [-0.2, 0) is 20.7 Å². The number of methoxy groups -OCH3 is 1. The van der Waals surface area contributed by atoms with Crippen LogP contribution in [0.3, 0.4) is 0 Å². The molecule has 1 aromatic rings. The quantitative estimate of drug-likeness (QED) is 0.826. The highest BCUT2D eigenvalue weighted by Crippen LogP contribution is 2.31. The first-order chi connectivity index (χ1) is 12.5. The topological polar surface area (TPSA) is 98.8 Å². The van der Waals surface area contributed by atoms with Gasteiger partial charge in [-0.1, -0.05) is 12.2 Å². The van der Waals surface area contributed by atoms with Crippen LogP contribution in [-0.4, -0.2) is 31.6 Å². The summed E-state index contributed by atoms with van der Waals surface area (Å²) in [5.41, 5.74) is 2.31. The number of carbonyl (C=O) groups is 3. The van der Waals surface area contributed by atoms with Crippen molar-refractivity contribution < 1.29 is 24.2 Å². The van der Waals surface area contributed by atoms with E-state index in [1.54, 1.807) is 23.1 Å². The number of rotatable bonds is 3. The van der Waals surface area contributed by atoms with Crippen LogP contribution in [0.1, 0.15) is 24.8 Å². The highest BCUT2D eigenvalue weighted by Gasteiger charge is 2.30. The third-order valence-electron chi connectivity index (χ3n) is 4.93. The van der Waals surface area contributed by atoms with Crippen LogP contribution in [0.25, 0.3) is 0 Å². The minimum atomic E-state index is -1.20. The molecule has 2 aliphatic rings. The van der Waals surface area contributed by atoms with Crippen LogP contribution in [0.4, 0.5) is 16.2 Å². The fraction of sp³-hybridized carbons (Fsp3) is 0.421. The zero-order valence-electron chi connectivity index (χ0n) is 14.6. The maximum Gasteiger partial charge on any atom is 0.414 e. The van der Waals surface area contributed by atoms with E-state index in [1.807, 2.05) is 12.1 Å². The van der Waals surface area contributed by atoms with Gasteiger partial charge < -0.3 is 20.0 Å². The van der Waals surface area contributed by atoms with Gasteiger partial charge in [-0.25, -0.2) is 4.79 Å². The lowest BCUT2D eigenvalue weighted by molar-refractivity contribution is -0.313.